The summed E-state index contributed by atoms with van der Waals surface area (Å²) in [4.78, 5) is 15.1. The van der Waals surface area contributed by atoms with Crippen molar-refractivity contribution in [2.75, 3.05) is 19.3 Å². The number of hydrazone groups is 1. The van der Waals surface area contributed by atoms with Crippen molar-refractivity contribution in [1.29, 1.82) is 0 Å². The minimum atomic E-state index is -0.522. The number of nitrogens with zero attached hydrogens (tertiary/aromatic N) is 5. The molecule has 29 heavy (non-hydrogen) atoms. The molecule has 2 aromatic carbocycles. The van der Waals surface area contributed by atoms with Gasteiger partial charge in [-0.15, -0.1) is 5.10 Å². The molecule has 11 heteroatoms. The fraction of sp³-hybridized carbons (Fsp3) is 0.111. The number of benzene rings is 2. The molecule has 4 rings (SSSR count). The summed E-state index contributed by atoms with van der Waals surface area (Å²) in [5.41, 5.74) is 4.10. The van der Waals surface area contributed by atoms with Crippen molar-refractivity contribution in [3.63, 3.8) is 0 Å². The Morgan fingerprint density at radius 2 is 2.00 bits per heavy atom. The number of anilines is 1. The average Bonchev–Trinajstić information content (AvgIpc) is 3.21. The molecule has 0 saturated carbocycles. The number of aromatic nitrogens is 3. The van der Waals surface area contributed by atoms with E-state index < -0.39 is 4.92 Å². The Morgan fingerprint density at radius 3 is 2.72 bits per heavy atom. The lowest BCUT2D eigenvalue weighted by molar-refractivity contribution is -0.385. The molecule has 1 aromatic heterocycles. The number of methoxy groups -OCH3 is 1. The molecule has 0 radical (unpaired) electrons. The van der Waals surface area contributed by atoms with Crippen LogP contribution in [0.3, 0.4) is 0 Å². The maximum atomic E-state index is 11.3. The van der Waals surface area contributed by atoms with Gasteiger partial charge in [-0.1, -0.05) is 0 Å². The van der Waals surface area contributed by atoms with Crippen LogP contribution in [0.5, 0.6) is 17.2 Å². The normalized spacial score (nSPS) is 12.2. The Labute approximate surface area is 164 Å². The van der Waals surface area contributed by atoms with Gasteiger partial charge in [0.25, 0.3) is 11.6 Å². The van der Waals surface area contributed by atoms with Crippen LogP contribution in [0.2, 0.25) is 0 Å². The van der Waals surface area contributed by atoms with E-state index in [0.29, 0.717) is 17.2 Å². The number of fused-ring (bicyclic) bond motifs is 1. The van der Waals surface area contributed by atoms with E-state index in [1.54, 1.807) is 7.11 Å². The second-order valence-electron chi connectivity index (χ2n) is 5.79. The van der Waals surface area contributed by atoms with Crippen LogP contribution in [0, 0.1) is 10.1 Å². The maximum Gasteiger partial charge on any atom is 0.282 e. The highest BCUT2D eigenvalue weighted by atomic mass is 16.7. The molecule has 1 aliphatic heterocycles. The monoisotopic (exact) mass is 394 g/mol. The van der Waals surface area contributed by atoms with Crippen LogP contribution in [-0.4, -0.2) is 40.2 Å². The van der Waals surface area contributed by atoms with Gasteiger partial charge in [0.2, 0.25) is 6.79 Å². The fourth-order valence-electron chi connectivity index (χ4n) is 2.62. The van der Waals surface area contributed by atoms with Gasteiger partial charge < -0.3 is 14.2 Å². The summed E-state index contributed by atoms with van der Waals surface area (Å²) in [6, 6.07) is 10.1. The molecular weight excluding hydrogens is 380 g/mol. The molecular formula is C18H14N6O5. The third-order valence-electron chi connectivity index (χ3n) is 4.03. The van der Waals surface area contributed by atoms with Crippen LogP contribution < -0.4 is 19.6 Å². The number of hydrogen-bond donors (Lipinski definition) is 1. The summed E-state index contributed by atoms with van der Waals surface area (Å²) in [7, 11) is 1.59. The van der Waals surface area contributed by atoms with Gasteiger partial charge in [-0.05, 0) is 30.3 Å². The highest BCUT2D eigenvalue weighted by Crippen LogP contribution is 2.37. The number of rotatable bonds is 6. The molecule has 3 aromatic rings. The van der Waals surface area contributed by atoms with E-state index in [1.807, 2.05) is 24.3 Å². The number of hydrogen-bond acceptors (Lipinski definition) is 10. The standard InChI is InChI=1S/C18H14N6O5/c1-27-13-4-2-11(3-5-13)14-9-20-23-18(21-14)22-19-8-12-6-16-17(29-10-28-16)7-15(12)24(25)26/h2-9H,10H2,1H3,(H,21,22,23)/b19-8+. The van der Waals surface area contributed by atoms with E-state index in [-0.39, 0.29) is 24.0 Å². The molecule has 0 aliphatic carbocycles. The summed E-state index contributed by atoms with van der Waals surface area (Å²) >= 11 is 0. The molecule has 11 nitrogen and oxygen atoms in total. The largest absolute Gasteiger partial charge is 0.497 e. The second kappa shape index (κ2) is 7.76. The maximum absolute atomic E-state index is 11.3. The molecule has 146 valence electrons. The van der Waals surface area contributed by atoms with Gasteiger partial charge in [0.05, 0.1) is 41.8 Å². The second-order valence-corrected chi connectivity index (χ2v) is 5.79. The highest BCUT2D eigenvalue weighted by Gasteiger charge is 2.22. The molecule has 0 amide bonds. The van der Waals surface area contributed by atoms with Crippen LogP contribution in [0.1, 0.15) is 5.56 Å². The van der Waals surface area contributed by atoms with E-state index >= 15 is 0 Å². The predicted octanol–water partition coefficient (Wildman–Crippen LogP) is 2.63. The zero-order valence-electron chi connectivity index (χ0n) is 15.1. The summed E-state index contributed by atoms with van der Waals surface area (Å²) in [5.74, 6) is 1.60. The van der Waals surface area contributed by atoms with Gasteiger partial charge >= 0.3 is 0 Å². The number of nitro groups is 1. The first-order valence-corrected chi connectivity index (χ1v) is 8.35. The summed E-state index contributed by atoms with van der Waals surface area (Å²) < 4.78 is 15.5. The highest BCUT2D eigenvalue weighted by molar-refractivity contribution is 5.87. The Morgan fingerprint density at radius 1 is 1.24 bits per heavy atom. The lowest BCUT2D eigenvalue weighted by Crippen LogP contribution is -2.01. The minimum absolute atomic E-state index is 0.0169. The Balaban J connectivity index is 1.53. The summed E-state index contributed by atoms with van der Waals surface area (Å²) in [6.07, 6.45) is 2.79. The first-order chi connectivity index (χ1) is 14.1. The smallest absolute Gasteiger partial charge is 0.282 e. The Hall–Kier alpha value is -4.28. The lowest BCUT2D eigenvalue weighted by Gasteiger charge is -2.04. The van der Waals surface area contributed by atoms with Crippen LogP contribution in [0.15, 0.2) is 47.7 Å². The van der Waals surface area contributed by atoms with Crippen molar-refractivity contribution in [1.82, 2.24) is 15.2 Å². The van der Waals surface area contributed by atoms with Crippen molar-refractivity contribution in [2.45, 2.75) is 0 Å². The van der Waals surface area contributed by atoms with Crippen molar-refractivity contribution in [2.24, 2.45) is 5.10 Å². The summed E-state index contributed by atoms with van der Waals surface area (Å²) in [5, 5.41) is 23.0. The molecule has 0 atom stereocenters. The molecule has 2 heterocycles. The van der Waals surface area contributed by atoms with Crippen LogP contribution >= 0.6 is 0 Å². The molecule has 0 saturated heterocycles. The van der Waals surface area contributed by atoms with Crippen molar-refractivity contribution < 1.29 is 19.1 Å². The topological polar surface area (TPSA) is 134 Å². The third kappa shape index (κ3) is 3.88. The minimum Gasteiger partial charge on any atom is -0.497 e. The van der Waals surface area contributed by atoms with Crippen molar-refractivity contribution in [3.05, 3.63) is 58.3 Å². The first kappa shape index (κ1) is 18.1. The van der Waals surface area contributed by atoms with E-state index in [0.717, 1.165) is 11.3 Å². The van der Waals surface area contributed by atoms with Crippen LogP contribution in [0.25, 0.3) is 11.3 Å². The van der Waals surface area contributed by atoms with E-state index in [1.165, 1.54) is 24.5 Å². The van der Waals surface area contributed by atoms with Gasteiger partial charge in [0, 0.05) is 5.56 Å². The molecule has 0 bridgehead atoms. The third-order valence-corrected chi connectivity index (χ3v) is 4.03. The van der Waals surface area contributed by atoms with E-state index in [9.17, 15) is 10.1 Å². The summed E-state index contributed by atoms with van der Waals surface area (Å²) in [6.45, 7) is 0.0169. The van der Waals surface area contributed by atoms with E-state index in [2.05, 4.69) is 25.7 Å². The quantitative estimate of drug-likeness (QED) is 0.380. The molecule has 0 spiro atoms. The fourth-order valence-corrected chi connectivity index (χ4v) is 2.62. The lowest BCUT2D eigenvalue weighted by atomic mass is 10.1. The molecule has 1 aliphatic rings. The SMILES string of the molecule is COc1ccc(-c2cnnc(N/N=C/c3cc4c(cc3[N+](=O)[O-])OCO4)n2)cc1. The zero-order valence-corrected chi connectivity index (χ0v) is 15.1. The van der Waals surface area contributed by atoms with Crippen molar-refractivity contribution in [3.8, 4) is 28.5 Å². The van der Waals surface area contributed by atoms with Gasteiger partial charge in [-0.25, -0.2) is 10.4 Å². The zero-order chi connectivity index (χ0) is 20.2. The molecule has 0 fully saturated rings. The van der Waals surface area contributed by atoms with Crippen LogP contribution in [0.4, 0.5) is 11.6 Å². The van der Waals surface area contributed by atoms with E-state index in [4.69, 9.17) is 14.2 Å². The number of ether oxygens (including phenoxy) is 3. The predicted molar refractivity (Wildman–Crippen MR) is 102 cm³/mol. The Kier molecular flexibility index (Phi) is 4.84. The number of nitro benzene ring substituents is 1. The first-order valence-electron chi connectivity index (χ1n) is 8.35. The molecule has 1 N–H and O–H groups in total. The van der Waals surface area contributed by atoms with Gasteiger partial charge in [0.15, 0.2) is 11.5 Å². The van der Waals surface area contributed by atoms with Gasteiger partial charge in [-0.2, -0.15) is 10.2 Å². The van der Waals surface area contributed by atoms with Crippen LogP contribution in [-0.2, 0) is 0 Å². The average molecular weight is 394 g/mol. The Bertz CT molecular complexity index is 1090. The van der Waals surface area contributed by atoms with Gasteiger partial charge in [0.1, 0.15) is 5.75 Å². The van der Waals surface area contributed by atoms with Crippen molar-refractivity contribution >= 4 is 17.9 Å². The molecule has 0 unspecified atom stereocenters. The number of nitrogens with one attached hydrogen (secondary N) is 1. The van der Waals surface area contributed by atoms with Gasteiger partial charge in [-0.3, -0.25) is 10.1 Å².